The molecular formula is C8H10NO4S-. The highest BCUT2D eigenvalue weighted by molar-refractivity contribution is 8.15. The van der Waals surface area contributed by atoms with E-state index in [4.69, 9.17) is 0 Å². The topological polar surface area (TPSA) is 77.5 Å². The first-order chi connectivity index (χ1) is 6.56. The molecule has 1 atom stereocenters. The van der Waals surface area contributed by atoms with Gasteiger partial charge in [-0.05, 0) is 6.42 Å². The highest BCUT2D eigenvalue weighted by Gasteiger charge is 2.38. The van der Waals surface area contributed by atoms with Gasteiger partial charge in [-0.2, -0.15) is 0 Å². The Balaban J connectivity index is 2.64. The lowest BCUT2D eigenvalue weighted by Crippen LogP contribution is -2.35. The molecule has 1 fully saturated rings. The summed E-state index contributed by atoms with van der Waals surface area (Å²) in [6, 6.07) is 0. The van der Waals surface area contributed by atoms with Crippen LogP contribution in [0.4, 0.5) is 4.79 Å². The van der Waals surface area contributed by atoms with Crippen LogP contribution in [0.15, 0.2) is 0 Å². The summed E-state index contributed by atoms with van der Waals surface area (Å²) in [7, 11) is 0. The number of thioether (sulfide) groups is 1. The molecule has 0 aromatic rings. The first-order valence-corrected chi connectivity index (χ1v) is 5.16. The Bertz CT molecular complexity index is 279. The van der Waals surface area contributed by atoms with Crippen molar-refractivity contribution in [3.63, 3.8) is 0 Å². The number of carboxylic acid groups (broad SMARTS) is 1. The van der Waals surface area contributed by atoms with E-state index in [1.165, 1.54) is 0 Å². The van der Waals surface area contributed by atoms with Gasteiger partial charge in [0.05, 0.1) is 5.25 Å². The van der Waals surface area contributed by atoms with Gasteiger partial charge in [0.1, 0.15) is 0 Å². The molecule has 5 nitrogen and oxygen atoms in total. The largest absolute Gasteiger partial charge is 0.550 e. The third-order valence-corrected chi connectivity index (χ3v) is 2.88. The van der Waals surface area contributed by atoms with Crippen LogP contribution in [-0.2, 0) is 9.59 Å². The van der Waals surface area contributed by atoms with Gasteiger partial charge >= 0.3 is 0 Å². The molecule has 0 aliphatic carbocycles. The Morgan fingerprint density at radius 3 is 2.71 bits per heavy atom. The molecule has 14 heavy (non-hydrogen) atoms. The van der Waals surface area contributed by atoms with E-state index in [0.717, 1.165) is 16.7 Å². The first-order valence-electron chi connectivity index (χ1n) is 4.28. The fraction of sp³-hybridized carbons (Fsp3) is 0.625. The van der Waals surface area contributed by atoms with E-state index in [2.05, 4.69) is 0 Å². The zero-order valence-electron chi connectivity index (χ0n) is 7.69. The van der Waals surface area contributed by atoms with Crippen molar-refractivity contribution in [2.45, 2.75) is 25.0 Å². The Morgan fingerprint density at radius 1 is 1.57 bits per heavy atom. The Kier molecular flexibility index (Phi) is 3.51. The predicted octanol–water partition coefficient (Wildman–Crippen LogP) is -0.400. The van der Waals surface area contributed by atoms with Gasteiger partial charge in [0.2, 0.25) is 5.91 Å². The van der Waals surface area contributed by atoms with Crippen molar-refractivity contribution >= 4 is 28.9 Å². The molecule has 0 spiro atoms. The van der Waals surface area contributed by atoms with E-state index < -0.39 is 23.5 Å². The maximum Gasteiger partial charge on any atom is 0.289 e. The van der Waals surface area contributed by atoms with Gasteiger partial charge < -0.3 is 9.90 Å². The van der Waals surface area contributed by atoms with Crippen molar-refractivity contribution in [3.8, 4) is 0 Å². The zero-order valence-corrected chi connectivity index (χ0v) is 8.50. The van der Waals surface area contributed by atoms with E-state index in [-0.39, 0.29) is 5.24 Å². The molecule has 2 amide bonds. The van der Waals surface area contributed by atoms with Crippen LogP contribution in [0.5, 0.6) is 0 Å². The average molecular weight is 216 g/mol. The van der Waals surface area contributed by atoms with Gasteiger partial charge in [0.15, 0.2) is 0 Å². The van der Waals surface area contributed by atoms with Crippen LogP contribution in [0.25, 0.3) is 0 Å². The van der Waals surface area contributed by atoms with Gasteiger partial charge in [-0.1, -0.05) is 18.7 Å². The van der Waals surface area contributed by atoms with Gasteiger partial charge in [-0.25, -0.2) is 0 Å². The number of hydrogen-bond acceptors (Lipinski definition) is 5. The van der Waals surface area contributed by atoms with Gasteiger partial charge in [0, 0.05) is 18.9 Å². The molecule has 1 aliphatic heterocycles. The maximum atomic E-state index is 11.4. The summed E-state index contributed by atoms with van der Waals surface area (Å²) in [5.74, 6) is -1.71. The third kappa shape index (κ3) is 2.25. The number of aliphatic carboxylic acids is 1. The minimum atomic E-state index is -1.30. The van der Waals surface area contributed by atoms with E-state index in [0.29, 0.717) is 13.0 Å². The highest BCUT2D eigenvalue weighted by Crippen LogP contribution is 2.28. The van der Waals surface area contributed by atoms with Gasteiger partial charge in [-0.15, -0.1) is 0 Å². The molecule has 1 aliphatic rings. The molecule has 78 valence electrons. The van der Waals surface area contributed by atoms with E-state index in [1.807, 2.05) is 6.92 Å². The SMILES string of the molecule is CCCN1C(=O)S[C@@H](CC(=O)[O-])C1=O. The summed E-state index contributed by atoms with van der Waals surface area (Å²) in [4.78, 5) is 34.0. The molecule has 0 aromatic carbocycles. The second kappa shape index (κ2) is 4.45. The summed E-state index contributed by atoms with van der Waals surface area (Å²) in [6.07, 6.45) is 0.283. The molecular weight excluding hydrogens is 206 g/mol. The zero-order chi connectivity index (χ0) is 10.7. The van der Waals surface area contributed by atoms with E-state index >= 15 is 0 Å². The molecule has 6 heteroatoms. The van der Waals surface area contributed by atoms with Crippen LogP contribution >= 0.6 is 11.8 Å². The molecule has 0 N–H and O–H groups in total. The van der Waals surface area contributed by atoms with Crippen molar-refractivity contribution < 1.29 is 19.5 Å². The normalized spacial score (nSPS) is 21.8. The Hall–Kier alpha value is -1.04. The Morgan fingerprint density at radius 2 is 2.21 bits per heavy atom. The molecule has 0 aromatic heterocycles. The third-order valence-electron chi connectivity index (χ3n) is 1.80. The number of amides is 2. The molecule has 1 rings (SSSR count). The molecule has 0 saturated carbocycles. The fourth-order valence-corrected chi connectivity index (χ4v) is 2.20. The molecule has 1 saturated heterocycles. The van der Waals surface area contributed by atoms with Crippen molar-refractivity contribution in [2.75, 3.05) is 6.54 Å². The molecule has 0 bridgehead atoms. The van der Waals surface area contributed by atoms with Crippen molar-refractivity contribution in [3.05, 3.63) is 0 Å². The number of carbonyl (C=O) groups is 3. The van der Waals surface area contributed by atoms with Crippen molar-refractivity contribution in [2.24, 2.45) is 0 Å². The van der Waals surface area contributed by atoms with Gasteiger partial charge in [0.25, 0.3) is 5.24 Å². The Labute approximate surface area is 85.4 Å². The molecule has 1 heterocycles. The minimum Gasteiger partial charge on any atom is -0.550 e. The quantitative estimate of drug-likeness (QED) is 0.639. The van der Waals surface area contributed by atoms with Crippen LogP contribution in [0.2, 0.25) is 0 Å². The van der Waals surface area contributed by atoms with Crippen LogP contribution < -0.4 is 5.11 Å². The van der Waals surface area contributed by atoms with Crippen LogP contribution in [0.3, 0.4) is 0 Å². The number of hydrogen-bond donors (Lipinski definition) is 0. The van der Waals surface area contributed by atoms with Crippen LogP contribution in [0, 0.1) is 0 Å². The second-order valence-electron chi connectivity index (χ2n) is 2.94. The van der Waals surface area contributed by atoms with Crippen LogP contribution in [-0.4, -0.2) is 33.8 Å². The lowest BCUT2D eigenvalue weighted by atomic mass is 10.2. The first kappa shape index (κ1) is 11.0. The predicted molar refractivity (Wildman–Crippen MR) is 48.4 cm³/mol. The highest BCUT2D eigenvalue weighted by atomic mass is 32.2. The smallest absolute Gasteiger partial charge is 0.289 e. The van der Waals surface area contributed by atoms with Crippen LogP contribution in [0.1, 0.15) is 19.8 Å². The summed E-state index contributed by atoms with van der Waals surface area (Å²) >= 11 is 0.767. The molecule has 0 radical (unpaired) electrons. The summed E-state index contributed by atoms with van der Waals surface area (Å²) in [5, 5.41) is 9.11. The maximum absolute atomic E-state index is 11.4. The van der Waals surface area contributed by atoms with Gasteiger partial charge in [-0.3, -0.25) is 14.5 Å². The van der Waals surface area contributed by atoms with Crippen molar-refractivity contribution in [1.29, 1.82) is 0 Å². The summed E-state index contributed by atoms with van der Waals surface area (Å²) < 4.78 is 0. The lowest BCUT2D eigenvalue weighted by molar-refractivity contribution is -0.305. The number of rotatable bonds is 4. The monoisotopic (exact) mass is 216 g/mol. The average Bonchev–Trinajstić information content (AvgIpc) is 2.32. The summed E-state index contributed by atoms with van der Waals surface area (Å²) in [5.41, 5.74) is 0. The van der Waals surface area contributed by atoms with E-state index in [9.17, 15) is 19.5 Å². The number of nitrogens with zero attached hydrogens (tertiary/aromatic N) is 1. The minimum absolute atomic E-state index is 0.355. The number of carbonyl (C=O) groups excluding carboxylic acids is 3. The summed E-state index contributed by atoms with van der Waals surface area (Å²) in [6.45, 7) is 2.20. The number of carboxylic acids is 1. The van der Waals surface area contributed by atoms with E-state index in [1.54, 1.807) is 0 Å². The lowest BCUT2D eigenvalue weighted by Gasteiger charge is -2.12. The second-order valence-corrected chi connectivity index (χ2v) is 4.09. The van der Waals surface area contributed by atoms with Crippen molar-refractivity contribution in [1.82, 2.24) is 4.90 Å². The standard InChI is InChI=1S/C8H11NO4S/c1-2-3-9-7(12)5(4-6(10)11)14-8(9)13/h5H,2-4H2,1H3,(H,10,11)/p-1/t5-/m0/s1. The molecule has 0 unspecified atom stereocenters. The fourth-order valence-electron chi connectivity index (χ4n) is 1.20. The number of imide groups is 1.